The summed E-state index contributed by atoms with van der Waals surface area (Å²) in [6.45, 7) is 10.2. The van der Waals surface area contributed by atoms with Crippen molar-refractivity contribution in [1.29, 1.82) is 0 Å². The molecular formula is C20H22ClN. The van der Waals surface area contributed by atoms with Crippen molar-refractivity contribution in [3.05, 3.63) is 83.4 Å². The van der Waals surface area contributed by atoms with Crippen LogP contribution in [0.2, 0.25) is 5.02 Å². The van der Waals surface area contributed by atoms with E-state index in [1.807, 2.05) is 36.4 Å². The SMILES string of the molecule is C=CC=C(c1ccc(Cl)cc1)c1ccc(N(CC)CC)cc1. The summed E-state index contributed by atoms with van der Waals surface area (Å²) < 4.78 is 0. The van der Waals surface area contributed by atoms with Gasteiger partial charge < -0.3 is 4.90 Å². The van der Waals surface area contributed by atoms with Gasteiger partial charge in [-0.2, -0.15) is 0 Å². The lowest BCUT2D eigenvalue weighted by molar-refractivity contribution is 0.866. The maximum Gasteiger partial charge on any atom is 0.0406 e. The number of benzene rings is 2. The predicted molar refractivity (Wildman–Crippen MR) is 98.7 cm³/mol. The van der Waals surface area contributed by atoms with E-state index in [1.54, 1.807) is 0 Å². The fraction of sp³-hybridized carbons (Fsp3) is 0.200. The Labute approximate surface area is 138 Å². The third-order valence-electron chi connectivity index (χ3n) is 3.75. The number of hydrogen-bond donors (Lipinski definition) is 0. The molecular weight excluding hydrogens is 290 g/mol. The molecule has 0 saturated carbocycles. The topological polar surface area (TPSA) is 3.24 Å². The normalized spacial score (nSPS) is 11.3. The van der Waals surface area contributed by atoms with E-state index in [0.717, 1.165) is 29.2 Å². The van der Waals surface area contributed by atoms with Crippen LogP contribution in [0.1, 0.15) is 25.0 Å². The highest BCUT2D eigenvalue weighted by Gasteiger charge is 2.06. The van der Waals surface area contributed by atoms with E-state index < -0.39 is 0 Å². The zero-order chi connectivity index (χ0) is 15.9. The van der Waals surface area contributed by atoms with Crippen LogP contribution in [0.5, 0.6) is 0 Å². The molecule has 1 nitrogen and oxygen atoms in total. The second-order valence-electron chi connectivity index (χ2n) is 5.04. The summed E-state index contributed by atoms with van der Waals surface area (Å²) in [5, 5.41) is 0.749. The lowest BCUT2D eigenvalue weighted by Crippen LogP contribution is -2.21. The Balaban J connectivity index is 2.36. The highest BCUT2D eigenvalue weighted by molar-refractivity contribution is 6.30. The number of rotatable bonds is 6. The van der Waals surface area contributed by atoms with Gasteiger partial charge in [-0.3, -0.25) is 0 Å². The molecule has 0 bridgehead atoms. The minimum atomic E-state index is 0.749. The third-order valence-corrected chi connectivity index (χ3v) is 4.00. The summed E-state index contributed by atoms with van der Waals surface area (Å²) in [6, 6.07) is 16.6. The van der Waals surface area contributed by atoms with Gasteiger partial charge >= 0.3 is 0 Å². The van der Waals surface area contributed by atoms with Crippen LogP contribution >= 0.6 is 11.6 Å². The Morgan fingerprint density at radius 3 is 1.91 bits per heavy atom. The van der Waals surface area contributed by atoms with E-state index in [-0.39, 0.29) is 0 Å². The monoisotopic (exact) mass is 311 g/mol. The molecule has 0 unspecified atom stereocenters. The molecule has 2 rings (SSSR count). The lowest BCUT2D eigenvalue weighted by Gasteiger charge is -2.21. The van der Waals surface area contributed by atoms with Gasteiger partial charge in [0.15, 0.2) is 0 Å². The molecule has 2 heteroatoms. The summed E-state index contributed by atoms with van der Waals surface area (Å²) in [5.74, 6) is 0. The average molecular weight is 312 g/mol. The first-order valence-electron chi connectivity index (χ1n) is 7.63. The van der Waals surface area contributed by atoms with Crippen molar-refractivity contribution in [1.82, 2.24) is 0 Å². The van der Waals surface area contributed by atoms with Crippen molar-refractivity contribution in [2.24, 2.45) is 0 Å². The van der Waals surface area contributed by atoms with Gasteiger partial charge in [0.1, 0.15) is 0 Å². The summed E-state index contributed by atoms with van der Waals surface area (Å²) in [4.78, 5) is 2.34. The summed E-state index contributed by atoms with van der Waals surface area (Å²) in [5.41, 5.74) is 4.72. The van der Waals surface area contributed by atoms with E-state index in [9.17, 15) is 0 Å². The molecule has 22 heavy (non-hydrogen) atoms. The molecule has 0 saturated heterocycles. The molecule has 0 aliphatic heterocycles. The maximum atomic E-state index is 5.98. The van der Waals surface area contributed by atoms with Gasteiger partial charge in [-0.1, -0.05) is 54.6 Å². The van der Waals surface area contributed by atoms with Crippen molar-refractivity contribution in [2.75, 3.05) is 18.0 Å². The predicted octanol–water partition coefficient (Wildman–Crippen LogP) is 5.80. The zero-order valence-corrected chi connectivity index (χ0v) is 14.0. The van der Waals surface area contributed by atoms with Crippen molar-refractivity contribution in [3.8, 4) is 0 Å². The molecule has 2 aromatic carbocycles. The van der Waals surface area contributed by atoms with Crippen LogP contribution in [-0.4, -0.2) is 13.1 Å². The van der Waals surface area contributed by atoms with Crippen LogP contribution in [0.25, 0.3) is 5.57 Å². The minimum absolute atomic E-state index is 0.749. The fourth-order valence-electron chi connectivity index (χ4n) is 2.55. The number of hydrogen-bond acceptors (Lipinski definition) is 1. The molecule has 0 fully saturated rings. The highest BCUT2D eigenvalue weighted by atomic mass is 35.5. The van der Waals surface area contributed by atoms with Gasteiger partial charge in [-0.15, -0.1) is 0 Å². The molecule has 0 aliphatic rings. The molecule has 0 aliphatic carbocycles. The van der Waals surface area contributed by atoms with E-state index in [4.69, 9.17) is 11.6 Å². The average Bonchev–Trinajstić information content (AvgIpc) is 2.56. The molecule has 0 atom stereocenters. The first kappa shape index (κ1) is 16.4. The van der Waals surface area contributed by atoms with Crippen LogP contribution in [0.15, 0.2) is 67.3 Å². The summed E-state index contributed by atoms with van der Waals surface area (Å²) >= 11 is 5.98. The number of anilines is 1. The smallest absolute Gasteiger partial charge is 0.0406 e. The molecule has 114 valence electrons. The standard InChI is InChI=1S/C20H22ClN/c1-4-7-20(16-8-12-18(21)13-9-16)17-10-14-19(15-11-17)22(5-2)6-3/h4,7-15H,1,5-6H2,2-3H3. The lowest BCUT2D eigenvalue weighted by atomic mass is 9.97. The van der Waals surface area contributed by atoms with Gasteiger partial charge in [0.05, 0.1) is 0 Å². The second kappa shape index (κ2) is 7.86. The van der Waals surface area contributed by atoms with Crippen molar-refractivity contribution in [2.45, 2.75) is 13.8 Å². The van der Waals surface area contributed by atoms with Gasteiger partial charge in [0.2, 0.25) is 0 Å². The largest absolute Gasteiger partial charge is 0.372 e. The Morgan fingerprint density at radius 1 is 0.955 bits per heavy atom. The zero-order valence-electron chi connectivity index (χ0n) is 13.2. The molecule has 0 amide bonds. The molecule has 0 radical (unpaired) electrons. The minimum Gasteiger partial charge on any atom is -0.372 e. The van der Waals surface area contributed by atoms with Crippen LogP contribution in [0, 0.1) is 0 Å². The fourth-order valence-corrected chi connectivity index (χ4v) is 2.67. The number of halogens is 1. The van der Waals surface area contributed by atoms with Gasteiger partial charge in [0.25, 0.3) is 0 Å². The molecule has 0 spiro atoms. The summed E-state index contributed by atoms with van der Waals surface area (Å²) in [7, 11) is 0. The number of allylic oxidation sites excluding steroid dienone is 2. The van der Waals surface area contributed by atoms with Crippen LogP contribution < -0.4 is 4.90 Å². The molecule has 2 aromatic rings. The van der Waals surface area contributed by atoms with Crippen LogP contribution in [0.3, 0.4) is 0 Å². The Hall–Kier alpha value is -1.99. The van der Waals surface area contributed by atoms with Gasteiger partial charge in [-0.05, 0) is 54.8 Å². The van der Waals surface area contributed by atoms with E-state index in [0.29, 0.717) is 0 Å². The van der Waals surface area contributed by atoms with E-state index in [2.05, 4.69) is 49.6 Å². The van der Waals surface area contributed by atoms with Crippen molar-refractivity contribution in [3.63, 3.8) is 0 Å². The molecule has 0 N–H and O–H groups in total. The van der Waals surface area contributed by atoms with E-state index in [1.165, 1.54) is 11.3 Å². The van der Waals surface area contributed by atoms with Crippen molar-refractivity contribution >= 4 is 22.9 Å². The van der Waals surface area contributed by atoms with Gasteiger partial charge in [-0.25, -0.2) is 0 Å². The number of nitrogens with zero attached hydrogens (tertiary/aromatic N) is 1. The van der Waals surface area contributed by atoms with Crippen LogP contribution in [-0.2, 0) is 0 Å². The Morgan fingerprint density at radius 2 is 1.45 bits per heavy atom. The van der Waals surface area contributed by atoms with Gasteiger partial charge in [0, 0.05) is 23.8 Å². The third kappa shape index (κ3) is 3.80. The Kier molecular flexibility index (Phi) is 5.85. The molecule has 0 aromatic heterocycles. The summed E-state index contributed by atoms with van der Waals surface area (Å²) in [6.07, 6.45) is 3.86. The van der Waals surface area contributed by atoms with Crippen molar-refractivity contribution < 1.29 is 0 Å². The first-order valence-corrected chi connectivity index (χ1v) is 8.01. The van der Waals surface area contributed by atoms with E-state index >= 15 is 0 Å². The van der Waals surface area contributed by atoms with Crippen LogP contribution in [0.4, 0.5) is 5.69 Å². The first-order chi connectivity index (χ1) is 10.7. The molecule has 0 heterocycles. The Bertz CT molecular complexity index is 634. The highest BCUT2D eigenvalue weighted by Crippen LogP contribution is 2.27. The quantitative estimate of drug-likeness (QED) is 0.609. The second-order valence-corrected chi connectivity index (χ2v) is 5.48. The maximum absolute atomic E-state index is 5.98.